The van der Waals surface area contributed by atoms with Gasteiger partial charge in [0, 0.05) is 0 Å². The van der Waals surface area contributed by atoms with Gasteiger partial charge in [-0.25, -0.2) is 4.79 Å². The third kappa shape index (κ3) is 2.63. The maximum absolute atomic E-state index is 12.7. The number of carbonyl (C=O) groups excluding carboxylic acids is 3. The summed E-state index contributed by atoms with van der Waals surface area (Å²) in [6, 6.07) is 0. The van der Waals surface area contributed by atoms with Crippen molar-refractivity contribution in [3.8, 4) is 0 Å². The van der Waals surface area contributed by atoms with Crippen LogP contribution >= 0.6 is 0 Å². The van der Waals surface area contributed by atoms with Crippen molar-refractivity contribution in [1.82, 2.24) is 0 Å². The summed E-state index contributed by atoms with van der Waals surface area (Å²) in [6.45, 7) is 1.34. The number of ether oxygens (including phenoxy) is 1. The minimum Gasteiger partial charge on any atom is -0.467 e. The van der Waals surface area contributed by atoms with Crippen LogP contribution in [0.15, 0.2) is 0 Å². The number of hydrogen-bond acceptors (Lipinski definition) is 5. The van der Waals surface area contributed by atoms with Crippen molar-refractivity contribution in [3.05, 3.63) is 0 Å². The molecule has 0 aliphatic heterocycles. The third-order valence-electron chi connectivity index (χ3n) is 2.16. The van der Waals surface area contributed by atoms with Gasteiger partial charge in [0.2, 0.25) is 0 Å². The highest BCUT2D eigenvalue weighted by Gasteiger charge is 2.67. The summed E-state index contributed by atoms with van der Waals surface area (Å²) in [7, 11) is 0.608. The summed E-state index contributed by atoms with van der Waals surface area (Å²) in [5, 5.41) is 9.38. The lowest BCUT2D eigenvalue weighted by atomic mass is 9.81. The van der Waals surface area contributed by atoms with E-state index in [1.807, 2.05) is 0 Å². The van der Waals surface area contributed by atoms with Gasteiger partial charge in [0.15, 0.2) is 0 Å². The molecule has 0 spiro atoms. The van der Waals surface area contributed by atoms with E-state index in [0.717, 1.165) is 0 Å². The van der Waals surface area contributed by atoms with Crippen LogP contribution in [-0.4, -0.2) is 41.5 Å². The maximum Gasteiger partial charge on any atom is 0.429 e. The van der Waals surface area contributed by atoms with Gasteiger partial charge in [0.1, 0.15) is 17.5 Å². The quantitative estimate of drug-likeness (QED) is 0.576. The number of hydrogen-bond donors (Lipinski definition) is 1. The molecule has 0 fully saturated rings. The zero-order valence-electron chi connectivity index (χ0n) is 9.29. The number of aliphatic hydroxyl groups is 1. The van der Waals surface area contributed by atoms with Crippen LogP contribution < -0.4 is 0 Å². The van der Waals surface area contributed by atoms with Crippen LogP contribution in [-0.2, 0) is 19.1 Å². The summed E-state index contributed by atoms with van der Waals surface area (Å²) in [5.74, 6) is -7.18. The first-order chi connectivity index (χ1) is 7.50. The molecule has 1 atom stereocenters. The Morgan fingerprint density at radius 3 is 1.65 bits per heavy atom. The molecule has 0 amide bonds. The molecule has 0 rings (SSSR count). The monoisotopic (exact) mass is 256 g/mol. The molecule has 8 heteroatoms. The van der Waals surface area contributed by atoms with Crippen LogP contribution in [0.3, 0.4) is 0 Å². The molecule has 0 aromatic rings. The predicted molar refractivity (Wildman–Crippen MR) is 47.9 cm³/mol. The Hall–Kier alpha value is -1.44. The first-order valence-electron chi connectivity index (χ1n) is 4.38. The Bertz CT molecular complexity index is 335. The van der Waals surface area contributed by atoms with Crippen molar-refractivity contribution in [2.24, 2.45) is 5.92 Å². The number of esters is 1. The third-order valence-corrected chi connectivity index (χ3v) is 2.16. The Kier molecular flexibility index (Phi) is 4.41. The molecule has 1 unspecified atom stereocenters. The van der Waals surface area contributed by atoms with Gasteiger partial charge in [-0.3, -0.25) is 9.59 Å². The van der Waals surface area contributed by atoms with Crippen LogP contribution in [0.4, 0.5) is 13.2 Å². The highest BCUT2D eigenvalue weighted by atomic mass is 19.4. The lowest BCUT2D eigenvalue weighted by Crippen LogP contribution is -2.61. The van der Waals surface area contributed by atoms with E-state index in [1.54, 1.807) is 0 Å². The molecule has 5 nitrogen and oxygen atoms in total. The average Bonchev–Trinajstić information content (AvgIpc) is 2.13. The molecule has 17 heavy (non-hydrogen) atoms. The van der Waals surface area contributed by atoms with E-state index in [9.17, 15) is 32.7 Å². The van der Waals surface area contributed by atoms with E-state index < -0.39 is 35.2 Å². The van der Waals surface area contributed by atoms with Gasteiger partial charge in [-0.1, -0.05) is 0 Å². The molecule has 0 heterocycles. The molecular formula is C9H11F3O5. The minimum absolute atomic E-state index is 0.608. The lowest BCUT2D eigenvalue weighted by molar-refractivity contribution is -0.272. The maximum atomic E-state index is 12.7. The standard InChI is InChI=1S/C9H11F3O5/c1-4(13)6(5(2)14)8(16,7(15)17-3)9(10,11)12/h6,16H,1-3H3. The van der Waals surface area contributed by atoms with Gasteiger partial charge >= 0.3 is 12.1 Å². The molecule has 0 radical (unpaired) electrons. The van der Waals surface area contributed by atoms with Gasteiger partial charge in [-0.2, -0.15) is 13.2 Å². The number of alkyl halides is 3. The summed E-state index contributed by atoms with van der Waals surface area (Å²) in [5.41, 5.74) is -4.15. The first-order valence-corrected chi connectivity index (χ1v) is 4.38. The van der Waals surface area contributed by atoms with E-state index in [2.05, 4.69) is 4.74 Å². The van der Waals surface area contributed by atoms with Gasteiger partial charge in [0.25, 0.3) is 5.60 Å². The molecule has 0 aliphatic carbocycles. The Morgan fingerprint density at radius 2 is 1.47 bits per heavy atom. The van der Waals surface area contributed by atoms with E-state index in [4.69, 9.17) is 0 Å². The normalized spacial score (nSPS) is 15.3. The Balaban J connectivity index is 5.85. The van der Waals surface area contributed by atoms with Crippen molar-refractivity contribution >= 4 is 17.5 Å². The zero-order valence-corrected chi connectivity index (χ0v) is 9.29. The fourth-order valence-corrected chi connectivity index (χ4v) is 1.43. The fraction of sp³-hybridized carbons (Fsp3) is 0.667. The highest BCUT2D eigenvalue weighted by molar-refractivity contribution is 6.06. The topological polar surface area (TPSA) is 80.7 Å². The zero-order chi connectivity index (χ0) is 14.0. The van der Waals surface area contributed by atoms with Crippen molar-refractivity contribution in [2.75, 3.05) is 7.11 Å². The molecule has 0 saturated carbocycles. The van der Waals surface area contributed by atoms with E-state index in [-0.39, 0.29) is 0 Å². The van der Waals surface area contributed by atoms with E-state index >= 15 is 0 Å². The lowest BCUT2D eigenvalue weighted by Gasteiger charge is -2.32. The van der Waals surface area contributed by atoms with Crippen LogP contribution in [0, 0.1) is 5.92 Å². The minimum atomic E-state index is -5.50. The van der Waals surface area contributed by atoms with Crippen LogP contribution in [0.2, 0.25) is 0 Å². The summed E-state index contributed by atoms with van der Waals surface area (Å²) in [6.07, 6.45) is -5.50. The van der Waals surface area contributed by atoms with Crippen molar-refractivity contribution in [2.45, 2.75) is 25.6 Å². The Morgan fingerprint density at radius 1 is 1.12 bits per heavy atom. The number of ketones is 2. The number of rotatable bonds is 4. The van der Waals surface area contributed by atoms with Crippen LogP contribution in [0.5, 0.6) is 0 Å². The van der Waals surface area contributed by atoms with Crippen molar-refractivity contribution < 1.29 is 37.4 Å². The molecule has 0 aromatic carbocycles. The van der Waals surface area contributed by atoms with Crippen LogP contribution in [0.25, 0.3) is 0 Å². The van der Waals surface area contributed by atoms with Gasteiger partial charge in [-0.15, -0.1) is 0 Å². The molecule has 98 valence electrons. The molecule has 0 aliphatic rings. The van der Waals surface area contributed by atoms with E-state index in [1.165, 1.54) is 0 Å². The van der Waals surface area contributed by atoms with Crippen LogP contribution in [0.1, 0.15) is 13.8 Å². The highest BCUT2D eigenvalue weighted by Crippen LogP contribution is 2.38. The summed E-state index contributed by atoms with van der Waals surface area (Å²) in [4.78, 5) is 33.1. The average molecular weight is 256 g/mol. The Labute approximate surface area is 94.5 Å². The molecule has 1 N–H and O–H groups in total. The molecule has 0 bridgehead atoms. The molecule has 0 saturated heterocycles. The predicted octanol–water partition coefficient (Wildman–Crippen LogP) is 0.247. The molecular weight excluding hydrogens is 245 g/mol. The van der Waals surface area contributed by atoms with Gasteiger partial charge < -0.3 is 9.84 Å². The first kappa shape index (κ1) is 15.6. The van der Waals surface area contributed by atoms with Crippen molar-refractivity contribution in [3.63, 3.8) is 0 Å². The number of methoxy groups -OCH3 is 1. The SMILES string of the molecule is COC(=O)C(O)(C(C(C)=O)C(C)=O)C(F)(F)F. The smallest absolute Gasteiger partial charge is 0.429 e. The summed E-state index contributed by atoms with van der Waals surface area (Å²) < 4.78 is 41.8. The second-order valence-electron chi connectivity index (χ2n) is 3.41. The summed E-state index contributed by atoms with van der Waals surface area (Å²) >= 11 is 0. The second-order valence-corrected chi connectivity index (χ2v) is 3.41. The largest absolute Gasteiger partial charge is 0.467 e. The van der Waals surface area contributed by atoms with Crippen molar-refractivity contribution in [1.29, 1.82) is 0 Å². The fourth-order valence-electron chi connectivity index (χ4n) is 1.43. The number of carbonyl (C=O) groups is 3. The number of halogens is 3. The van der Waals surface area contributed by atoms with Gasteiger partial charge in [0.05, 0.1) is 7.11 Å². The van der Waals surface area contributed by atoms with Gasteiger partial charge in [-0.05, 0) is 13.8 Å². The second kappa shape index (κ2) is 4.82. The number of Topliss-reactive ketones (excluding diaryl/α,β-unsaturated/α-hetero) is 2. The molecule has 0 aromatic heterocycles. The van der Waals surface area contributed by atoms with E-state index in [0.29, 0.717) is 21.0 Å².